The van der Waals surface area contributed by atoms with Crippen LogP contribution in [0.5, 0.6) is 0 Å². The first-order chi connectivity index (χ1) is 16.2. The zero-order valence-electron chi connectivity index (χ0n) is 18.2. The Morgan fingerprint density at radius 2 is 1.27 bits per heavy atom. The fourth-order valence-corrected chi connectivity index (χ4v) is 5.29. The van der Waals surface area contributed by atoms with Gasteiger partial charge >= 0.3 is 0 Å². The summed E-state index contributed by atoms with van der Waals surface area (Å²) in [5, 5.41) is 0.438. The average Bonchev–Trinajstić information content (AvgIpc) is 3.14. The van der Waals surface area contributed by atoms with E-state index in [-0.39, 0.29) is 5.41 Å². The lowest BCUT2D eigenvalue weighted by atomic mass is 9.74. The molecule has 1 unspecified atom stereocenters. The monoisotopic (exact) mass is 444 g/mol. The molecule has 0 bridgehead atoms. The third-order valence-electron chi connectivity index (χ3n) is 6.69. The minimum absolute atomic E-state index is 0.248. The van der Waals surface area contributed by atoms with Gasteiger partial charge in [0.15, 0.2) is 5.82 Å². The maximum absolute atomic E-state index is 6.50. The highest BCUT2D eigenvalue weighted by molar-refractivity contribution is 6.29. The summed E-state index contributed by atoms with van der Waals surface area (Å²) in [7, 11) is 0. The molecule has 158 valence electrons. The summed E-state index contributed by atoms with van der Waals surface area (Å²) in [6, 6.07) is 37.8. The Kier molecular flexibility index (Phi) is 4.63. The molecule has 0 spiro atoms. The van der Waals surface area contributed by atoms with Crippen molar-refractivity contribution in [2.75, 3.05) is 0 Å². The number of hydrogen-bond acceptors (Lipinski definition) is 2. The number of benzene rings is 4. The predicted octanol–water partition coefficient (Wildman–Crippen LogP) is 7.80. The molecule has 0 N–H and O–H groups in total. The summed E-state index contributed by atoms with van der Waals surface area (Å²) in [6.45, 7) is 2.32. The number of rotatable bonds is 3. The second-order valence-electron chi connectivity index (χ2n) is 8.53. The molecule has 0 radical (unpaired) electrons. The second kappa shape index (κ2) is 7.68. The van der Waals surface area contributed by atoms with Gasteiger partial charge in [0.05, 0.1) is 5.69 Å². The van der Waals surface area contributed by atoms with Crippen molar-refractivity contribution >= 4 is 11.6 Å². The van der Waals surface area contributed by atoms with E-state index in [0.717, 1.165) is 16.8 Å². The molecule has 0 fully saturated rings. The van der Waals surface area contributed by atoms with Crippen molar-refractivity contribution in [2.24, 2.45) is 0 Å². The molecule has 1 atom stereocenters. The number of hydrogen-bond donors (Lipinski definition) is 0. The van der Waals surface area contributed by atoms with E-state index in [1.54, 1.807) is 0 Å². The SMILES string of the molecule is CC1(c2ccccc2)c2ccccc2-c2c(-c3cc(Cl)nc(-c4ccccc4)n3)cccc21. The molecule has 4 aromatic carbocycles. The van der Waals surface area contributed by atoms with Crippen LogP contribution < -0.4 is 0 Å². The molecule has 1 aliphatic carbocycles. The van der Waals surface area contributed by atoms with Gasteiger partial charge in [-0.3, -0.25) is 0 Å². The van der Waals surface area contributed by atoms with Crippen LogP contribution in [0.25, 0.3) is 33.8 Å². The van der Waals surface area contributed by atoms with Gasteiger partial charge in [-0.1, -0.05) is 115 Å². The minimum atomic E-state index is -0.248. The van der Waals surface area contributed by atoms with Crippen LogP contribution in [0, 0.1) is 0 Å². The Morgan fingerprint density at radius 1 is 0.636 bits per heavy atom. The van der Waals surface area contributed by atoms with Gasteiger partial charge < -0.3 is 0 Å². The lowest BCUT2D eigenvalue weighted by Gasteiger charge is -2.28. The smallest absolute Gasteiger partial charge is 0.161 e. The lowest BCUT2D eigenvalue weighted by molar-refractivity contribution is 0.714. The standard InChI is InChI=1S/C30H21ClN2/c1-30(21-13-6-3-7-14-21)24-17-9-8-15-22(24)28-23(16-10-18-25(28)30)26-19-27(31)33-29(32-26)20-11-4-2-5-12-20/h2-19H,1H3. The minimum Gasteiger partial charge on any atom is -0.228 e. The second-order valence-corrected chi connectivity index (χ2v) is 8.92. The van der Waals surface area contributed by atoms with Gasteiger partial charge in [-0.15, -0.1) is 0 Å². The number of fused-ring (bicyclic) bond motifs is 3. The molecule has 6 rings (SSSR count). The van der Waals surface area contributed by atoms with Crippen molar-refractivity contribution in [1.82, 2.24) is 9.97 Å². The van der Waals surface area contributed by atoms with E-state index in [1.165, 1.54) is 27.8 Å². The first kappa shape index (κ1) is 19.9. The maximum atomic E-state index is 6.50. The highest BCUT2D eigenvalue weighted by Crippen LogP contribution is 2.54. The highest BCUT2D eigenvalue weighted by Gasteiger charge is 2.41. The third-order valence-corrected chi connectivity index (χ3v) is 6.89. The molecular formula is C30H21ClN2. The average molecular weight is 445 g/mol. The largest absolute Gasteiger partial charge is 0.228 e. The molecule has 0 amide bonds. The summed E-state index contributed by atoms with van der Waals surface area (Å²) in [5.41, 5.74) is 8.92. The number of nitrogens with zero attached hydrogens (tertiary/aromatic N) is 2. The Hall–Kier alpha value is -3.75. The Labute approximate surface area is 198 Å². The zero-order valence-corrected chi connectivity index (χ0v) is 18.9. The van der Waals surface area contributed by atoms with Crippen LogP contribution in [0.15, 0.2) is 109 Å². The van der Waals surface area contributed by atoms with E-state index in [1.807, 2.05) is 36.4 Å². The van der Waals surface area contributed by atoms with Crippen molar-refractivity contribution in [3.05, 3.63) is 131 Å². The van der Waals surface area contributed by atoms with Gasteiger partial charge in [-0.25, -0.2) is 9.97 Å². The van der Waals surface area contributed by atoms with E-state index in [0.29, 0.717) is 11.0 Å². The van der Waals surface area contributed by atoms with Crippen LogP contribution in [0.3, 0.4) is 0 Å². The molecule has 3 heteroatoms. The molecule has 2 nitrogen and oxygen atoms in total. The summed E-state index contributed by atoms with van der Waals surface area (Å²) in [4.78, 5) is 9.45. The predicted molar refractivity (Wildman–Crippen MR) is 135 cm³/mol. The van der Waals surface area contributed by atoms with E-state index >= 15 is 0 Å². The van der Waals surface area contributed by atoms with Gasteiger partial charge in [-0.2, -0.15) is 0 Å². The van der Waals surface area contributed by atoms with Crippen LogP contribution >= 0.6 is 11.6 Å². The molecule has 1 aliphatic rings. The topological polar surface area (TPSA) is 25.8 Å². The number of aromatic nitrogens is 2. The Morgan fingerprint density at radius 3 is 2.06 bits per heavy atom. The quantitative estimate of drug-likeness (QED) is 0.265. The van der Waals surface area contributed by atoms with Gasteiger partial charge in [0, 0.05) is 22.6 Å². The van der Waals surface area contributed by atoms with Crippen LogP contribution in [-0.4, -0.2) is 9.97 Å². The number of halogens is 1. The van der Waals surface area contributed by atoms with Gasteiger partial charge in [-0.05, 0) is 34.7 Å². The Balaban J connectivity index is 1.62. The molecule has 5 aromatic rings. The summed E-state index contributed by atoms with van der Waals surface area (Å²) < 4.78 is 0. The third kappa shape index (κ3) is 3.10. The first-order valence-corrected chi connectivity index (χ1v) is 11.4. The van der Waals surface area contributed by atoms with Crippen LogP contribution in [-0.2, 0) is 5.41 Å². The van der Waals surface area contributed by atoms with E-state index in [9.17, 15) is 0 Å². The van der Waals surface area contributed by atoms with Crippen LogP contribution in [0.4, 0.5) is 0 Å². The summed E-state index contributed by atoms with van der Waals surface area (Å²) in [5.74, 6) is 0.632. The van der Waals surface area contributed by atoms with Crippen LogP contribution in [0.1, 0.15) is 23.6 Å². The van der Waals surface area contributed by atoms with Crippen molar-refractivity contribution in [2.45, 2.75) is 12.3 Å². The highest BCUT2D eigenvalue weighted by atomic mass is 35.5. The lowest BCUT2D eigenvalue weighted by Crippen LogP contribution is -2.22. The van der Waals surface area contributed by atoms with Crippen molar-refractivity contribution in [3.63, 3.8) is 0 Å². The normalized spacial score (nSPS) is 16.3. The molecule has 1 heterocycles. The molecule has 1 aromatic heterocycles. The molecular weight excluding hydrogens is 424 g/mol. The van der Waals surface area contributed by atoms with Crippen molar-refractivity contribution in [3.8, 4) is 33.8 Å². The summed E-state index contributed by atoms with van der Waals surface area (Å²) >= 11 is 6.50. The van der Waals surface area contributed by atoms with Crippen molar-refractivity contribution < 1.29 is 0 Å². The maximum Gasteiger partial charge on any atom is 0.161 e. The van der Waals surface area contributed by atoms with E-state index in [2.05, 4.69) is 84.7 Å². The zero-order chi connectivity index (χ0) is 22.4. The Bertz CT molecular complexity index is 1480. The fraction of sp³-hybridized carbons (Fsp3) is 0.0667. The van der Waals surface area contributed by atoms with E-state index < -0.39 is 0 Å². The van der Waals surface area contributed by atoms with Gasteiger partial charge in [0.25, 0.3) is 0 Å². The van der Waals surface area contributed by atoms with Gasteiger partial charge in [0.2, 0.25) is 0 Å². The first-order valence-electron chi connectivity index (χ1n) is 11.1. The molecule has 0 saturated carbocycles. The molecule has 0 saturated heterocycles. The molecule has 0 aliphatic heterocycles. The summed E-state index contributed by atoms with van der Waals surface area (Å²) in [6.07, 6.45) is 0. The van der Waals surface area contributed by atoms with Gasteiger partial charge in [0.1, 0.15) is 5.15 Å². The fourth-order valence-electron chi connectivity index (χ4n) is 5.11. The molecule has 33 heavy (non-hydrogen) atoms. The van der Waals surface area contributed by atoms with E-state index in [4.69, 9.17) is 16.6 Å². The van der Waals surface area contributed by atoms with Crippen LogP contribution in [0.2, 0.25) is 5.15 Å². The van der Waals surface area contributed by atoms with Crippen molar-refractivity contribution in [1.29, 1.82) is 0 Å².